The van der Waals surface area contributed by atoms with E-state index in [0.717, 1.165) is 0 Å². The maximum absolute atomic E-state index is 13.8. The first-order chi connectivity index (χ1) is 15.4. The van der Waals surface area contributed by atoms with Gasteiger partial charge in [-0.25, -0.2) is 0 Å². The molecule has 0 saturated carbocycles. The molecule has 0 aliphatic heterocycles. The smallest absolute Gasteiger partial charge is 0.308 e. The summed E-state index contributed by atoms with van der Waals surface area (Å²) in [6.07, 6.45) is 0. The third kappa shape index (κ3) is 3.74. The second-order valence-corrected chi connectivity index (χ2v) is 7.07. The van der Waals surface area contributed by atoms with E-state index in [4.69, 9.17) is 9.15 Å². The van der Waals surface area contributed by atoms with Crippen LogP contribution in [0.25, 0.3) is 16.9 Å². The number of aryl methyl sites for hydroxylation is 1. The van der Waals surface area contributed by atoms with E-state index < -0.39 is 17.3 Å². The summed E-state index contributed by atoms with van der Waals surface area (Å²) < 4.78 is 12.1. The molecule has 0 atom stereocenters. The van der Waals surface area contributed by atoms with E-state index in [-0.39, 0.29) is 23.1 Å². The van der Waals surface area contributed by atoms with Crippen LogP contribution in [0.3, 0.4) is 0 Å². The first-order valence-electron chi connectivity index (χ1n) is 9.82. The fourth-order valence-corrected chi connectivity index (χ4v) is 3.51. The molecule has 2 heterocycles. The lowest BCUT2D eigenvalue weighted by Gasteiger charge is -2.20. The Morgan fingerprint density at radius 3 is 2.12 bits per heavy atom. The quantitative estimate of drug-likeness (QED) is 0.352. The van der Waals surface area contributed by atoms with Crippen molar-refractivity contribution in [2.45, 2.75) is 20.8 Å². The molecule has 0 fully saturated rings. The average Bonchev–Trinajstić information content (AvgIpc) is 3.23. The summed E-state index contributed by atoms with van der Waals surface area (Å²) in [5, 5.41) is 7.41. The van der Waals surface area contributed by atoms with Crippen molar-refractivity contribution >= 4 is 11.8 Å². The minimum absolute atomic E-state index is 0.130. The zero-order valence-corrected chi connectivity index (χ0v) is 17.7. The molecule has 2 aromatic carbocycles. The Bertz CT molecular complexity index is 1370. The van der Waals surface area contributed by atoms with Gasteiger partial charge in [0.15, 0.2) is 5.75 Å². The topological polar surface area (TPSA) is 104 Å². The van der Waals surface area contributed by atoms with Gasteiger partial charge in [0.25, 0.3) is 17.2 Å². The largest absolute Gasteiger partial charge is 0.425 e. The highest BCUT2D eigenvalue weighted by atomic mass is 16.5. The third-order valence-electron chi connectivity index (χ3n) is 4.82. The number of aromatic nitrogens is 3. The van der Waals surface area contributed by atoms with Gasteiger partial charge in [0.2, 0.25) is 5.89 Å². The molecule has 160 valence electrons. The first kappa shape index (κ1) is 20.9. The van der Waals surface area contributed by atoms with Crippen LogP contribution in [0.4, 0.5) is 0 Å². The highest BCUT2D eigenvalue weighted by molar-refractivity contribution is 6.08. The van der Waals surface area contributed by atoms with Crippen molar-refractivity contribution in [1.29, 1.82) is 0 Å². The summed E-state index contributed by atoms with van der Waals surface area (Å²) in [6, 6.07) is 18.1. The molecule has 0 saturated heterocycles. The third-order valence-corrected chi connectivity index (χ3v) is 4.82. The fourth-order valence-electron chi connectivity index (χ4n) is 3.51. The standard InChI is InChI=1S/C24H19N3O5/c1-14-20(17-10-6-4-7-11-17)27(18-12-8-5-9-13-18)24(30)19(22(14)32-16(3)28)21(29)23-26-25-15(2)31-23/h4-13H,1-3H3. The molecule has 0 radical (unpaired) electrons. The van der Waals surface area contributed by atoms with Crippen molar-refractivity contribution in [3.63, 3.8) is 0 Å². The van der Waals surface area contributed by atoms with Crippen molar-refractivity contribution in [1.82, 2.24) is 14.8 Å². The summed E-state index contributed by atoms with van der Waals surface area (Å²) in [4.78, 5) is 39.0. The van der Waals surface area contributed by atoms with Gasteiger partial charge in [-0.2, -0.15) is 0 Å². The van der Waals surface area contributed by atoms with Gasteiger partial charge >= 0.3 is 5.97 Å². The second-order valence-electron chi connectivity index (χ2n) is 7.07. The molecule has 0 unspecified atom stereocenters. The minimum Gasteiger partial charge on any atom is -0.425 e. The number of pyridine rings is 1. The number of carbonyl (C=O) groups excluding carboxylic acids is 2. The normalized spacial score (nSPS) is 10.7. The van der Waals surface area contributed by atoms with Gasteiger partial charge < -0.3 is 9.15 Å². The molecule has 4 aromatic rings. The maximum atomic E-state index is 13.8. The molecule has 0 N–H and O–H groups in total. The lowest BCUT2D eigenvalue weighted by molar-refractivity contribution is -0.131. The molecule has 0 spiro atoms. The molecule has 4 rings (SSSR count). The molecule has 8 nitrogen and oxygen atoms in total. The Balaban J connectivity index is 2.13. The molecule has 0 aliphatic rings. The van der Waals surface area contributed by atoms with Crippen LogP contribution >= 0.6 is 0 Å². The minimum atomic E-state index is -0.820. The van der Waals surface area contributed by atoms with E-state index >= 15 is 0 Å². The van der Waals surface area contributed by atoms with Gasteiger partial charge in [-0.15, -0.1) is 10.2 Å². The molecule has 0 aliphatic carbocycles. The van der Waals surface area contributed by atoms with E-state index in [0.29, 0.717) is 22.5 Å². The number of carbonyl (C=O) groups is 2. The second kappa shape index (κ2) is 8.43. The Hall–Kier alpha value is -4.33. The van der Waals surface area contributed by atoms with Crippen LogP contribution in [0, 0.1) is 13.8 Å². The maximum Gasteiger partial charge on any atom is 0.308 e. The first-order valence-corrected chi connectivity index (χ1v) is 9.82. The lowest BCUT2D eigenvalue weighted by atomic mass is 10.00. The van der Waals surface area contributed by atoms with Crippen molar-refractivity contribution in [3.05, 3.63) is 93.9 Å². The summed E-state index contributed by atoms with van der Waals surface area (Å²) in [5.74, 6) is -1.81. The Morgan fingerprint density at radius 2 is 1.56 bits per heavy atom. The zero-order valence-electron chi connectivity index (χ0n) is 17.7. The monoisotopic (exact) mass is 429 g/mol. The van der Waals surface area contributed by atoms with Gasteiger partial charge in [0.1, 0.15) is 5.56 Å². The van der Waals surface area contributed by atoms with E-state index in [9.17, 15) is 14.4 Å². The fraction of sp³-hybridized carbons (Fsp3) is 0.125. The molecule has 2 aromatic heterocycles. The van der Waals surface area contributed by atoms with Gasteiger partial charge in [-0.1, -0.05) is 48.5 Å². The molecule has 0 bridgehead atoms. The number of hydrogen-bond acceptors (Lipinski definition) is 7. The van der Waals surface area contributed by atoms with Crippen LogP contribution in [-0.2, 0) is 4.79 Å². The summed E-state index contributed by atoms with van der Waals surface area (Å²) >= 11 is 0. The number of benzene rings is 2. The number of rotatable bonds is 5. The van der Waals surface area contributed by atoms with Crippen LogP contribution in [0.2, 0.25) is 0 Å². The zero-order chi connectivity index (χ0) is 22.8. The summed E-state index contributed by atoms with van der Waals surface area (Å²) in [7, 11) is 0. The van der Waals surface area contributed by atoms with Crippen LogP contribution in [0.15, 0.2) is 69.9 Å². The van der Waals surface area contributed by atoms with Gasteiger partial charge in [-0.05, 0) is 24.6 Å². The molecular formula is C24H19N3O5. The molecule has 8 heteroatoms. The van der Waals surface area contributed by atoms with E-state index in [1.54, 1.807) is 31.2 Å². The highest BCUT2D eigenvalue weighted by Crippen LogP contribution is 2.34. The number of para-hydroxylation sites is 1. The van der Waals surface area contributed by atoms with Crippen molar-refractivity contribution in [2.75, 3.05) is 0 Å². The number of ketones is 1. The Labute approximate surface area is 183 Å². The molecule has 32 heavy (non-hydrogen) atoms. The van der Waals surface area contributed by atoms with Crippen molar-refractivity contribution < 1.29 is 18.7 Å². The van der Waals surface area contributed by atoms with Crippen molar-refractivity contribution in [3.8, 4) is 22.7 Å². The highest BCUT2D eigenvalue weighted by Gasteiger charge is 2.31. The predicted octanol–water partition coefficient (Wildman–Crippen LogP) is 3.66. The van der Waals surface area contributed by atoms with Crippen LogP contribution < -0.4 is 10.3 Å². The van der Waals surface area contributed by atoms with Crippen LogP contribution in [0.5, 0.6) is 5.75 Å². The lowest BCUT2D eigenvalue weighted by Crippen LogP contribution is -2.30. The average molecular weight is 429 g/mol. The van der Waals surface area contributed by atoms with Crippen LogP contribution in [0.1, 0.15) is 34.6 Å². The summed E-state index contributed by atoms with van der Waals surface area (Å²) in [5.41, 5.74) is 1.17. The molecular weight excluding hydrogens is 410 g/mol. The summed E-state index contributed by atoms with van der Waals surface area (Å²) in [6.45, 7) is 4.42. The number of ether oxygens (including phenoxy) is 1. The van der Waals surface area contributed by atoms with Gasteiger partial charge in [0, 0.05) is 25.1 Å². The van der Waals surface area contributed by atoms with Gasteiger partial charge in [0.05, 0.1) is 5.69 Å². The van der Waals surface area contributed by atoms with E-state index in [1.165, 1.54) is 18.4 Å². The van der Waals surface area contributed by atoms with E-state index in [1.807, 2.05) is 36.4 Å². The predicted molar refractivity (Wildman–Crippen MR) is 116 cm³/mol. The van der Waals surface area contributed by atoms with E-state index in [2.05, 4.69) is 10.2 Å². The number of nitrogens with zero attached hydrogens (tertiary/aromatic N) is 3. The molecule has 0 amide bonds. The SMILES string of the molecule is CC(=O)Oc1c(C)c(-c2ccccc2)n(-c2ccccc2)c(=O)c1C(=O)c1nnc(C)o1. The van der Waals surface area contributed by atoms with Crippen LogP contribution in [-0.4, -0.2) is 26.5 Å². The van der Waals surface area contributed by atoms with Gasteiger partial charge in [-0.3, -0.25) is 19.0 Å². The Morgan fingerprint density at radius 1 is 0.938 bits per heavy atom. The number of hydrogen-bond donors (Lipinski definition) is 0. The van der Waals surface area contributed by atoms with Crippen molar-refractivity contribution in [2.24, 2.45) is 0 Å². The Kier molecular flexibility index (Phi) is 5.51. The number of esters is 1.